The maximum Gasteiger partial charge on any atom is 0.317 e. The van der Waals surface area contributed by atoms with Gasteiger partial charge in [0, 0.05) is 11.1 Å². The number of carboxylic acid groups (broad SMARTS) is 1. The van der Waals surface area contributed by atoms with E-state index in [1.807, 2.05) is 13.8 Å². The number of aromatic nitrogens is 1. The molecular weight excluding hydrogens is 240 g/mol. The quantitative estimate of drug-likeness (QED) is 0.774. The van der Waals surface area contributed by atoms with E-state index in [4.69, 9.17) is 10.8 Å². The lowest BCUT2D eigenvalue weighted by Gasteiger charge is -2.15. The van der Waals surface area contributed by atoms with Crippen LogP contribution in [0.15, 0.2) is 23.2 Å². The Morgan fingerprint density at radius 2 is 2.12 bits per heavy atom. The number of hydrogen-bond donors (Lipinski definition) is 2. The summed E-state index contributed by atoms with van der Waals surface area (Å²) in [5.74, 6) is -1.51. The predicted octanol–water partition coefficient (Wildman–Crippen LogP) is 1.38. The number of amides is 1. The maximum atomic E-state index is 11.0. The lowest BCUT2D eigenvalue weighted by atomic mass is 10.1. The first-order valence-corrected chi connectivity index (χ1v) is 5.95. The van der Waals surface area contributed by atoms with E-state index < -0.39 is 17.1 Å². The molecule has 0 saturated carbocycles. The molecule has 1 unspecified atom stereocenters. The first-order chi connectivity index (χ1) is 7.91. The highest BCUT2D eigenvalue weighted by Crippen LogP contribution is 2.28. The Bertz CT molecular complexity index is 434. The second-order valence-electron chi connectivity index (χ2n) is 3.86. The molecule has 0 fully saturated rings. The molecule has 1 aromatic heterocycles. The van der Waals surface area contributed by atoms with Crippen molar-refractivity contribution in [3.05, 3.63) is 24.0 Å². The van der Waals surface area contributed by atoms with E-state index in [0.717, 1.165) is 0 Å². The van der Waals surface area contributed by atoms with E-state index in [1.54, 1.807) is 6.07 Å². The summed E-state index contributed by atoms with van der Waals surface area (Å²) in [6, 6.07) is 3.17. The number of primary amides is 1. The predicted molar refractivity (Wildman–Crippen MR) is 64.9 cm³/mol. The minimum atomic E-state index is -0.873. The van der Waals surface area contributed by atoms with Crippen LogP contribution < -0.4 is 5.73 Å². The Kier molecular flexibility index (Phi) is 4.51. The fraction of sp³-hybridized carbons (Fsp3) is 0.364. The molecule has 3 N–H and O–H groups in total. The standard InChI is InChI=1S/C11H14N2O3S/c1-6(2)9(11(15)16)17-7-3-4-13-8(5-7)10(12)14/h3-6,9H,1-2H3,(H2,12,14)(H,15,16). The summed E-state index contributed by atoms with van der Waals surface area (Å²) >= 11 is 1.19. The highest BCUT2D eigenvalue weighted by molar-refractivity contribution is 8.00. The van der Waals surface area contributed by atoms with Gasteiger partial charge in [0.2, 0.25) is 0 Å². The van der Waals surface area contributed by atoms with Crippen molar-refractivity contribution in [2.45, 2.75) is 24.0 Å². The Balaban J connectivity index is 2.90. The van der Waals surface area contributed by atoms with E-state index in [9.17, 15) is 9.59 Å². The van der Waals surface area contributed by atoms with E-state index in [0.29, 0.717) is 4.90 Å². The Morgan fingerprint density at radius 3 is 2.59 bits per heavy atom. The highest BCUT2D eigenvalue weighted by atomic mass is 32.2. The van der Waals surface area contributed by atoms with Crippen molar-refractivity contribution < 1.29 is 14.7 Å². The number of rotatable bonds is 5. The first-order valence-electron chi connectivity index (χ1n) is 5.07. The van der Waals surface area contributed by atoms with Crippen LogP contribution in [0.3, 0.4) is 0 Å². The molecule has 0 bridgehead atoms. The fourth-order valence-corrected chi connectivity index (χ4v) is 2.22. The van der Waals surface area contributed by atoms with Crippen LogP contribution in [0.5, 0.6) is 0 Å². The summed E-state index contributed by atoms with van der Waals surface area (Å²) in [6.45, 7) is 3.67. The van der Waals surface area contributed by atoms with Crippen LogP contribution in [0.25, 0.3) is 0 Å². The van der Waals surface area contributed by atoms with Gasteiger partial charge in [0.05, 0.1) is 0 Å². The van der Waals surface area contributed by atoms with Crippen LogP contribution in [0.2, 0.25) is 0 Å². The third kappa shape index (κ3) is 3.74. The van der Waals surface area contributed by atoms with Crippen LogP contribution in [-0.4, -0.2) is 27.2 Å². The molecule has 1 heterocycles. The fourth-order valence-electron chi connectivity index (χ4n) is 1.24. The van der Waals surface area contributed by atoms with Crippen molar-refractivity contribution in [3.63, 3.8) is 0 Å². The lowest BCUT2D eigenvalue weighted by Crippen LogP contribution is -2.22. The van der Waals surface area contributed by atoms with E-state index >= 15 is 0 Å². The van der Waals surface area contributed by atoms with Crippen molar-refractivity contribution in [1.29, 1.82) is 0 Å². The number of nitrogens with zero attached hydrogens (tertiary/aromatic N) is 1. The number of pyridine rings is 1. The molecule has 0 aliphatic rings. The van der Waals surface area contributed by atoms with Gasteiger partial charge in [-0.1, -0.05) is 13.8 Å². The molecule has 0 radical (unpaired) electrons. The van der Waals surface area contributed by atoms with Gasteiger partial charge >= 0.3 is 5.97 Å². The Labute approximate surface area is 103 Å². The molecule has 1 atom stereocenters. The van der Waals surface area contributed by atoms with Gasteiger partial charge in [0.1, 0.15) is 10.9 Å². The van der Waals surface area contributed by atoms with Gasteiger partial charge in [-0.15, -0.1) is 11.8 Å². The van der Waals surface area contributed by atoms with Crippen LogP contribution in [0.4, 0.5) is 0 Å². The zero-order valence-corrected chi connectivity index (χ0v) is 10.4. The molecule has 92 valence electrons. The summed E-state index contributed by atoms with van der Waals surface area (Å²) in [4.78, 5) is 26.5. The molecular formula is C11H14N2O3S. The van der Waals surface area contributed by atoms with Crippen molar-refractivity contribution in [2.24, 2.45) is 11.7 Å². The van der Waals surface area contributed by atoms with Gasteiger partial charge in [-0.05, 0) is 18.1 Å². The third-order valence-electron chi connectivity index (χ3n) is 2.10. The summed E-state index contributed by atoms with van der Waals surface area (Å²) < 4.78 is 0. The van der Waals surface area contributed by atoms with Crippen LogP contribution in [0, 0.1) is 5.92 Å². The largest absolute Gasteiger partial charge is 0.480 e. The zero-order valence-electron chi connectivity index (χ0n) is 9.58. The topological polar surface area (TPSA) is 93.3 Å². The maximum absolute atomic E-state index is 11.0. The minimum absolute atomic E-state index is 0.0114. The minimum Gasteiger partial charge on any atom is -0.480 e. The molecule has 0 aliphatic heterocycles. The normalized spacial score (nSPS) is 12.4. The lowest BCUT2D eigenvalue weighted by molar-refractivity contribution is -0.137. The van der Waals surface area contributed by atoms with Gasteiger partial charge in [-0.2, -0.15) is 0 Å². The second-order valence-corrected chi connectivity index (χ2v) is 5.08. The molecule has 0 spiro atoms. The SMILES string of the molecule is CC(C)C(Sc1ccnc(C(N)=O)c1)C(=O)O. The molecule has 0 aromatic carbocycles. The molecule has 17 heavy (non-hydrogen) atoms. The summed E-state index contributed by atoms with van der Waals surface area (Å²) in [6.07, 6.45) is 1.45. The van der Waals surface area contributed by atoms with Crippen LogP contribution in [0.1, 0.15) is 24.3 Å². The number of carboxylic acids is 1. The Morgan fingerprint density at radius 1 is 1.47 bits per heavy atom. The summed E-state index contributed by atoms with van der Waals surface area (Å²) in [5.41, 5.74) is 5.25. The molecule has 5 nitrogen and oxygen atoms in total. The van der Waals surface area contributed by atoms with Gasteiger partial charge in [-0.3, -0.25) is 14.6 Å². The molecule has 0 aliphatic carbocycles. The summed E-state index contributed by atoms with van der Waals surface area (Å²) in [7, 11) is 0. The molecule has 1 aromatic rings. The third-order valence-corrected chi connectivity index (χ3v) is 3.62. The zero-order chi connectivity index (χ0) is 13.0. The number of hydrogen-bond acceptors (Lipinski definition) is 4. The summed E-state index contributed by atoms with van der Waals surface area (Å²) in [5, 5.41) is 8.50. The monoisotopic (exact) mass is 254 g/mol. The van der Waals surface area contributed by atoms with Gasteiger partial charge in [0.25, 0.3) is 5.91 Å². The van der Waals surface area contributed by atoms with Crippen molar-refractivity contribution >= 4 is 23.6 Å². The van der Waals surface area contributed by atoms with Gasteiger partial charge < -0.3 is 10.8 Å². The average Bonchev–Trinajstić information content (AvgIpc) is 2.25. The number of aliphatic carboxylic acids is 1. The number of thioether (sulfide) groups is 1. The number of carbonyl (C=O) groups excluding carboxylic acids is 1. The van der Waals surface area contributed by atoms with E-state index in [-0.39, 0.29) is 11.6 Å². The van der Waals surface area contributed by atoms with E-state index in [2.05, 4.69) is 4.98 Å². The van der Waals surface area contributed by atoms with Crippen molar-refractivity contribution in [3.8, 4) is 0 Å². The van der Waals surface area contributed by atoms with Crippen molar-refractivity contribution in [2.75, 3.05) is 0 Å². The average molecular weight is 254 g/mol. The number of carbonyl (C=O) groups is 2. The smallest absolute Gasteiger partial charge is 0.317 e. The first kappa shape index (κ1) is 13.5. The van der Waals surface area contributed by atoms with Gasteiger partial charge in [-0.25, -0.2) is 0 Å². The van der Waals surface area contributed by atoms with Crippen molar-refractivity contribution in [1.82, 2.24) is 4.98 Å². The Hall–Kier alpha value is -1.56. The van der Waals surface area contributed by atoms with Gasteiger partial charge in [0.15, 0.2) is 0 Å². The second kappa shape index (κ2) is 5.67. The highest BCUT2D eigenvalue weighted by Gasteiger charge is 2.22. The van der Waals surface area contributed by atoms with Crippen LogP contribution >= 0.6 is 11.8 Å². The molecule has 1 rings (SSSR count). The molecule has 6 heteroatoms. The molecule has 0 saturated heterocycles. The van der Waals surface area contributed by atoms with E-state index in [1.165, 1.54) is 24.0 Å². The number of nitrogens with two attached hydrogens (primary N) is 1. The van der Waals surface area contributed by atoms with Crippen LogP contribution in [-0.2, 0) is 4.79 Å². The molecule has 1 amide bonds.